The summed E-state index contributed by atoms with van der Waals surface area (Å²) in [4.78, 5) is 0. The molecule has 0 aromatic heterocycles. The van der Waals surface area contributed by atoms with Gasteiger partial charge in [-0.05, 0) is 37.0 Å². The quantitative estimate of drug-likeness (QED) is 0.555. The van der Waals surface area contributed by atoms with E-state index in [9.17, 15) is 0 Å². The molecule has 2 N–H and O–H groups in total. The summed E-state index contributed by atoms with van der Waals surface area (Å²) in [6.07, 6.45) is 9.35. The Labute approximate surface area is 114 Å². The molecule has 0 rings (SSSR count). The molecule has 0 heterocycles. The fourth-order valence-electron chi connectivity index (χ4n) is 2.84. The molecular weight excluding hydrogens is 224 g/mol. The maximum Gasteiger partial charge on any atom is 0.0433 e. The monoisotopic (exact) mass is 258 g/mol. The highest BCUT2D eigenvalue weighted by Gasteiger charge is 2.15. The van der Waals surface area contributed by atoms with Crippen molar-refractivity contribution in [2.75, 3.05) is 13.2 Å². The zero-order chi connectivity index (χ0) is 13.8. The lowest BCUT2D eigenvalue weighted by Crippen LogP contribution is -2.12. The number of aliphatic hydroxyl groups is 2. The summed E-state index contributed by atoms with van der Waals surface area (Å²) in [7, 11) is 0. The molecule has 0 aliphatic heterocycles. The van der Waals surface area contributed by atoms with Gasteiger partial charge in [0.2, 0.25) is 0 Å². The van der Waals surface area contributed by atoms with Crippen LogP contribution in [0, 0.1) is 17.8 Å². The van der Waals surface area contributed by atoms with Gasteiger partial charge in [-0.3, -0.25) is 0 Å². The van der Waals surface area contributed by atoms with E-state index < -0.39 is 0 Å². The van der Waals surface area contributed by atoms with Gasteiger partial charge in [0.05, 0.1) is 0 Å². The first-order valence-corrected chi connectivity index (χ1v) is 7.93. The molecular formula is C16H34O2. The van der Waals surface area contributed by atoms with Gasteiger partial charge in [-0.2, -0.15) is 0 Å². The molecule has 0 aliphatic carbocycles. The van der Waals surface area contributed by atoms with Crippen LogP contribution < -0.4 is 0 Å². The Hall–Kier alpha value is -0.0800. The normalized spacial score (nSPS) is 16.5. The highest BCUT2D eigenvalue weighted by Crippen LogP contribution is 2.27. The topological polar surface area (TPSA) is 40.5 Å². The summed E-state index contributed by atoms with van der Waals surface area (Å²) in [5, 5.41) is 18.1. The predicted molar refractivity (Wildman–Crippen MR) is 78.6 cm³/mol. The van der Waals surface area contributed by atoms with Crippen molar-refractivity contribution in [3.63, 3.8) is 0 Å². The summed E-state index contributed by atoms with van der Waals surface area (Å²) >= 11 is 0. The zero-order valence-electron chi connectivity index (χ0n) is 12.7. The second kappa shape index (κ2) is 12.0. The minimum Gasteiger partial charge on any atom is -0.396 e. The number of rotatable bonds is 12. The average molecular weight is 258 g/mol. The molecule has 2 nitrogen and oxygen atoms in total. The van der Waals surface area contributed by atoms with Crippen molar-refractivity contribution in [2.45, 2.75) is 72.1 Å². The Balaban J connectivity index is 4.00. The van der Waals surface area contributed by atoms with E-state index in [0.29, 0.717) is 25.0 Å². The SMILES string of the molecule is CCC(CCO)CCC(CC)CC(CC)CCO. The van der Waals surface area contributed by atoms with Crippen LogP contribution in [0.3, 0.4) is 0 Å². The summed E-state index contributed by atoms with van der Waals surface area (Å²) in [6, 6.07) is 0. The van der Waals surface area contributed by atoms with Crippen LogP contribution in [0.25, 0.3) is 0 Å². The average Bonchev–Trinajstić information content (AvgIpc) is 2.40. The highest BCUT2D eigenvalue weighted by atomic mass is 16.3. The van der Waals surface area contributed by atoms with E-state index in [1.54, 1.807) is 0 Å². The van der Waals surface area contributed by atoms with E-state index in [-0.39, 0.29) is 0 Å². The van der Waals surface area contributed by atoms with Crippen molar-refractivity contribution in [1.82, 2.24) is 0 Å². The van der Waals surface area contributed by atoms with Crippen molar-refractivity contribution < 1.29 is 10.2 Å². The molecule has 0 aliphatic rings. The highest BCUT2D eigenvalue weighted by molar-refractivity contribution is 4.67. The van der Waals surface area contributed by atoms with Gasteiger partial charge in [-0.15, -0.1) is 0 Å². The summed E-state index contributed by atoms with van der Waals surface area (Å²) < 4.78 is 0. The molecule has 2 heteroatoms. The zero-order valence-corrected chi connectivity index (χ0v) is 12.7. The smallest absolute Gasteiger partial charge is 0.0433 e. The summed E-state index contributed by atoms with van der Waals surface area (Å²) in [5.74, 6) is 2.19. The summed E-state index contributed by atoms with van der Waals surface area (Å²) in [5.41, 5.74) is 0. The van der Waals surface area contributed by atoms with E-state index in [1.165, 1.54) is 38.5 Å². The third kappa shape index (κ3) is 8.10. The largest absolute Gasteiger partial charge is 0.396 e. The van der Waals surface area contributed by atoms with Gasteiger partial charge in [0.15, 0.2) is 0 Å². The van der Waals surface area contributed by atoms with Crippen LogP contribution in [-0.2, 0) is 0 Å². The first kappa shape index (κ1) is 17.9. The fourth-order valence-corrected chi connectivity index (χ4v) is 2.84. The number of aliphatic hydroxyl groups excluding tert-OH is 2. The van der Waals surface area contributed by atoms with E-state index in [2.05, 4.69) is 20.8 Å². The van der Waals surface area contributed by atoms with Crippen molar-refractivity contribution >= 4 is 0 Å². The minimum atomic E-state index is 0.330. The number of hydrogen-bond acceptors (Lipinski definition) is 2. The first-order chi connectivity index (χ1) is 8.71. The van der Waals surface area contributed by atoms with Gasteiger partial charge in [0.1, 0.15) is 0 Å². The molecule has 0 amide bonds. The molecule has 3 unspecified atom stereocenters. The van der Waals surface area contributed by atoms with Crippen molar-refractivity contribution in [3.05, 3.63) is 0 Å². The molecule has 0 aromatic rings. The Kier molecular flexibility index (Phi) is 11.9. The van der Waals surface area contributed by atoms with Gasteiger partial charge >= 0.3 is 0 Å². The minimum absolute atomic E-state index is 0.330. The maximum atomic E-state index is 9.05. The van der Waals surface area contributed by atoms with Crippen molar-refractivity contribution in [1.29, 1.82) is 0 Å². The van der Waals surface area contributed by atoms with Gasteiger partial charge in [0.25, 0.3) is 0 Å². The maximum absolute atomic E-state index is 9.05. The van der Waals surface area contributed by atoms with Crippen molar-refractivity contribution in [3.8, 4) is 0 Å². The van der Waals surface area contributed by atoms with E-state index in [1.807, 2.05) is 0 Å². The van der Waals surface area contributed by atoms with Gasteiger partial charge in [-0.1, -0.05) is 52.9 Å². The molecule has 0 aromatic carbocycles. The third-order valence-corrected chi connectivity index (χ3v) is 4.46. The Morgan fingerprint density at radius 1 is 0.611 bits per heavy atom. The fraction of sp³-hybridized carbons (Fsp3) is 1.00. The summed E-state index contributed by atoms with van der Waals surface area (Å²) in [6.45, 7) is 7.40. The van der Waals surface area contributed by atoms with Crippen LogP contribution in [0.1, 0.15) is 72.1 Å². The van der Waals surface area contributed by atoms with Crippen molar-refractivity contribution in [2.24, 2.45) is 17.8 Å². The molecule has 0 radical (unpaired) electrons. The molecule has 0 saturated carbocycles. The molecule has 0 bridgehead atoms. The second-order valence-electron chi connectivity index (χ2n) is 5.66. The second-order valence-corrected chi connectivity index (χ2v) is 5.66. The van der Waals surface area contributed by atoms with Crippen LogP contribution in [-0.4, -0.2) is 23.4 Å². The molecule has 3 atom stereocenters. The van der Waals surface area contributed by atoms with Crippen LogP contribution in [0.15, 0.2) is 0 Å². The molecule has 0 spiro atoms. The van der Waals surface area contributed by atoms with E-state index in [0.717, 1.165) is 18.8 Å². The van der Waals surface area contributed by atoms with E-state index >= 15 is 0 Å². The Bertz CT molecular complexity index is 170. The standard InChI is InChI=1S/C16H34O2/c1-4-14(9-11-17)7-8-15(5-2)13-16(6-3)10-12-18/h14-18H,4-13H2,1-3H3. The van der Waals surface area contributed by atoms with Crippen LogP contribution in [0.5, 0.6) is 0 Å². The van der Waals surface area contributed by atoms with Crippen LogP contribution in [0.4, 0.5) is 0 Å². The number of hydrogen-bond donors (Lipinski definition) is 2. The molecule has 18 heavy (non-hydrogen) atoms. The van der Waals surface area contributed by atoms with Crippen LogP contribution >= 0.6 is 0 Å². The Morgan fingerprint density at radius 2 is 1.00 bits per heavy atom. The lowest BCUT2D eigenvalue weighted by molar-refractivity contribution is 0.216. The van der Waals surface area contributed by atoms with Gasteiger partial charge < -0.3 is 10.2 Å². The predicted octanol–water partition coefficient (Wildman–Crippen LogP) is 4.00. The van der Waals surface area contributed by atoms with Gasteiger partial charge in [0, 0.05) is 13.2 Å². The molecule has 0 saturated heterocycles. The first-order valence-electron chi connectivity index (χ1n) is 7.93. The lowest BCUT2D eigenvalue weighted by Gasteiger charge is -2.23. The van der Waals surface area contributed by atoms with E-state index in [4.69, 9.17) is 10.2 Å². The third-order valence-electron chi connectivity index (χ3n) is 4.46. The lowest BCUT2D eigenvalue weighted by atomic mass is 9.83. The molecule has 110 valence electrons. The molecule has 0 fully saturated rings. The Morgan fingerprint density at radius 3 is 1.44 bits per heavy atom. The van der Waals surface area contributed by atoms with Gasteiger partial charge in [-0.25, -0.2) is 0 Å². The van der Waals surface area contributed by atoms with Crippen LogP contribution in [0.2, 0.25) is 0 Å².